The molecule has 140 valence electrons. The van der Waals surface area contributed by atoms with Gasteiger partial charge >= 0.3 is 0 Å². The van der Waals surface area contributed by atoms with Crippen molar-refractivity contribution in [2.24, 2.45) is 0 Å². The summed E-state index contributed by atoms with van der Waals surface area (Å²) in [6, 6.07) is 5.39. The number of nitrogens with one attached hydrogen (secondary N) is 1. The predicted octanol–water partition coefficient (Wildman–Crippen LogP) is 2.84. The van der Waals surface area contributed by atoms with Crippen LogP contribution in [0.25, 0.3) is 0 Å². The fourth-order valence-electron chi connectivity index (χ4n) is 2.20. The number of sulfonamides is 1. The monoisotopic (exact) mass is 412 g/mol. The van der Waals surface area contributed by atoms with E-state index in [9.17, 15) is 13.2 Å². The second-order valence-electron chi connectivity index (χ2n) is 5.58. The SMILES string of the molecule is C=CCSc1nnc(NC(=O)CN(c2ccc(C)cc2C)S(C)(=O)=O)s1. The van der Waals surface area contributed by atoms with Crippen LogP contribution >= 0.6 is 23.1 Å². The molecule has 0 aliphatic rings. The Morgan fingerprint density at radius 2 is 2.12 bits per heavy atom. The van der Waals surface area contributed by atoms with E-state index in [2.05, 4.69) is 22.1 Å². The van der Waals surface area contributed by atoms with Gasteiger partial charge in [0.05, 0.1) is 11.9 Å². The van der Waals surface area contributed by atoms with Gasteiger partial charge in [-0.2, -0.15) is 0 Å². The van der Waals surface area contributed by atoms with Crippen molar-refractivity contribution in [1.29, 1.82) is 0 Å². The fraction of sp³-hybridized carbons (Fsp3) is 0.312. The van der Waals surface area contributed by atoms with Gasteiger partial charge in [0, 0.05) is 5.75 Å². The maximum atomic E-state index is 12.3. The van der Waals surface area contributed by atoms with Gasteiger partial charge in [-0.1, -0.05) is 46.9 Å². The van der Waals surface area contributed by atoms with Crippen LogP contribution in [0, 0.1) is 13.8 Å². The summed E-state index contributed by atoms with van der Waals surface area (Å²) in [6.07, 6.45) is 2.83. The second kappa shape index (κ2) is 8.65. The summed E-state index contributed by atoms with van der Waals surface area (Å²) in [5.74, 6) is 0.212. The Morgan fingerprint density at radius 1 is 1.38 bits per heavy atom. The number of nitrogens with zero attached hydrogens (tertiary/aromatic N) is 3. The number of benzene rings is 1. The van der Waals surface area contributed by atoms with Crippen LogP contribution in [0.4, 0.5) is 10.8 Å². The Bertz CT molecular complexity index is 909. The minimum Gasteiger partial charge on any atom is -0.299 e. The molecule has 1 amide bonds. The summed E-state index contributed by atoms with van der Waals surface area (Å²) in [5.41, 5.74) is 2.28. The Kier molecular flexibility index (Phi) is 6.79. The first-order chi connectivity index (χ1) is 12.2. The van der Waals surface area contributed by atoms with Crippen molar-refractivity contribution >= 4 is 49.8 Å². The molecule has 2 aromatic rings. The van der Waals surface area contributed by atoms with Gasteiger partial charge in [0.25, 0.3) is 0 Å². The molecule has 2 rings (SSSR count). The number of aryl methyl sites for hydroxylation is 2. The highest BCUT2D eigenvalue weighted by atomic mass is 32.2. The van der Waals surface area contributed by atoms with E-state index in [0.29, 0.717) is 20.9 Å². The van der Waals surface area contributed by atoms with Crippen LogP contribution in [0.5, 0.6) is 0 Å². The first-order valence-electron chi connectivity index (χ1n) is 7.62. The van der Waals surface area contributed by atoms with E-state index in [-0.39, 0.29) is 6.54 Å². The van der Waals surface area contributed by atoms with Crippen LogP contribution in [0.3, 0.4) is 0 Å². The standard InChI is InChI=1S/C16H20N4O3S3/c1-5-8-24-16-19-18-15(25-16)17-14(21)10-20(26(4,22)23)13-7-6-11(2)9-12(13)3/h5-7,9H,1,8,10H2,2-4H3,(H,17,18,21). The lowest BCUT2D eigenvalue weighted by atomic mass is 10.1. The minimum atomic E-state index is -3.62. The number of carbonyl (C=O) groups excluding carboxylic acids is 1. The fourth-order valence-corrected chi connectivity index (χ4v) is 4.65. The highest BCUT2D eigenvalue weighted by Gasteiger charge is 2.23. The molecule has 1 heterocycles. The van der Waals surface area contributed by atoms with Crippen molar-refractivity contribution in [2.75, 3.05) is 28.2 Å². The maximum Gasteiger partial charge on any atom is 0.246 e. The molecule has 0 aliphatic heterocycles. The quantitative estimate of drug-likeness (QED) is 0.407. The summed E-state index contributed by atoms with van der Waals surface area (Å²) in [4.78, 5) is 12.3. The van der Waals surface area contributed by atoms with E-state index in [1.807, 2.05) is 26.0 Å². The highest BCUT2D eigenvalue weighted by Crippen LogP contribution is 2.26. The maximum absolute atomic E-state index is 12.3. The molecule has 0 atom stereocenters. The lowest BCUT2D eigenvalue weighted by Crippen LogP contribution is -2.37. The summed E-state index contributed by atoms with van der Waals surface area (Å²) < 4.78 is 26.2. The Morgan fingerprint density at radius 3 is 2.73 bits per heavy atom. The third-order valence-electron chi connectivity index (χ3n) is 3.29. The number of carbonyl (C=O) groups is 1. The average Bonchev–Trinajstić information content (AvgIpc) is 2.97. The number of amides is 1. The number of aromatic nitrogens is 2. The third kappa shape index (κ3) is 5.55. The predicted molar refractivity (Wildman–Crippen MR) is 108 cm³/mol. The van der Waals surface area contributed by atoms with Gasteiger partial charge in [0.1, 0.15) is 6.54 Å². The van der Waals surface area contributed by atoms with Crippen LogP contribution < -0.4 is 9.62 Å². The van der Waals surface area contributed by atoms with Gasteiger partial charge in [-0.05, 0) is 25.5 Å². The smallest absolute Gasteiger partial charge is 0.246 e. The molecule has 0 unspecified atom stereocenters. The molecule has 0 saturated carbocycles. The van der Waals surface area contributed by atoms with Crippen molar-refractivity contribution in [2.45, 2.75) is 18.2 Å². The summed E-state index contributed by atoms with van der Waals surface area (Å²) in [6.45, 7) is 7.03. The first-order valence-corrected chi connectivity index (χ1v) is 11.3. The molecule has 1 aromatic carbocycles. The summed E-state index contributed by atoms with van der Waals surface area (Å²) in [5, 5.41) is 10.8. The van der Waals surface area contributed by atoms with Gasteiger partial charge in [-0.15, -0.1) is 16.8 Å². The molecule has 0 bridgehead atoms. The molecule has 10 heteroatoms. The number of anilines is 2. The van der Waals surface area contributed by atoms with E-state index in [1.165, 1.54) is 23.1 Å². The third-order valence-corrected chi connectivity index (χ3v) is 6.38. The highest BCUT2D eigenvalue weighted by molar-refractivity contribution is 8.01. The van der Waals surface area contributed by atoms with E-state index < -0.39 is 15.9 Å². The molecular weight excluding hydrogens is 392 g/mol. The number of thioether (sulfide) groups is 1. The van der Waals surface area contributed by atoms with Crippen molar-refractivity contribution in [3.05, 3.63) is 42.0 Å². The number of rotatable bonds is 8. The second-order valence-corrected chi connectivity index (χ2v) is 9.73. The normalized spacial score (nSPS) is 11.2. The molecule has 0 radical (unpaired) electrons. The topological polar surface area (TPSA) is 92.3 Å². The molecule has 0 fully saturated rings. The molecule has 26 heavy (non-hydrogen) atoms. The van der Waals surface area contributed by atoms with Gasteiger partial charge < -0.3 is 0 Å². The first kappa shape index (κ1) is 20.4. The van der Waals surface area contributed by atoms with E-state index in [1.54, 1.807) is 12.1 Å². The lowest BCUT2D eigenvalue weighted by molar-refractivity contribution is -0.114. The van der Waals surface area contributed by atoms with Crippen LogP contribution in [0.2, 0.25) is 0 Å². The summed E-state index contributed by atoms with van der Waals surface area (Å²) >= 11 is 2.69. The van der Waals surface area contributed by atoms with Gasteiger partial charge in [-0.25, -0.2) is 8.42 Å². The van der Waals surface area contributed by atoms with Gasteiger partial charge in [0.2, 0.25) is 21.1 Å². The zero-order valence-corrected chi connectivity index (χ0v) is 17.2. The molecule has 1 N–H and O–H groups in total. The van der Waals surface area contributed by atoms with E-state index in [4.69, 9.17) is 0 Å². The molecule has 0 saturated heterocycles. The van der Waals surface area contributed by atoms with Crippen molar-refractivity contribution in [1.82, 2.24) is 10.2 Å². The van der Waals surface area contributed by atoms with Crippen molar-refractivity contribution < 1.29 is 13.2 Å². The van der Waals surface area contributed by atoms with Gasteiger partial charge in [0.15, 0.2) is 4.34 Å². The van der Waals surface area contributed by atoms with Crippen molar-refractivity contribution in [3.63, 3.8) is 0 Å². The van der Waals surface area contributed by atoms with Crippen LogP contribution in [-0.4, -0.2) is 43.1 Å². The van der Waals surface area contributed by atoms with E-state index in [0.717, 1.165) is 21.7 Å². The minimum absolute atomic E-state index is 0.329. The molecule has 7 nitrogen and oxygen atoms in total. The Labute approximate surface area is 161 Å². The van der Waals surface area contributed by atoms with Crippen LogP contribution in [-0.2, 0) is 14.8 Å². The number of hydrogen-bond donors (Lipinski definition) is 1. The average molecular weight is 413 g/mol. The number of hydrogen-bond acceptors (Lipinski definition) is 7. The van der Waals surface area contributed by atoms with Crippen molar-refractivity contribution in [3.8, 4) is 0 Å². The summed E-state index contributed by atoms with van der Waals surface area (Å²) in [7, 11) is -3.62. The Hall–Kier alpha value is -1.91. The largest absolute Gasteiger partial charge is 0.299 e. The van der Waals surface area contributed by atoms with Gasteiger partial charge in [-0.3, -0.25) is 14.4 Å². The zero-order valence-electron chi connectivity index (χ0n) is 14.7. The Balaban J connectivity index is 2.14. The van der Waals surface area contributed by atoms with Crippen LogP contribution in [0.15, 0.2) is 35.2 Å². The van der Waals surface area contributed by atoms with E-state index >= 15 is 0 Å². The molecule has 0 spiro atoms. The molecule has 0 aliphatic carbocycles. The molecule has 1 aromatic heterocycles. The molecular formula is C16H20N4O3S3. The van der Waals surface area contributed by atoms with Crippen LogP contribution in [0.1, 0.15) is 11.1 Å². The zero-order chi connectivity index (χ0) is 19.3. The lowest BCUT2D eigenvalue weighted by Gasteiger charge is -2.23.